The second-order valence-electron chi connectivity index (χ2n) is 4.87. The zero-order valence-electron chi connectivity index (χ0n) is 12.0. The van der Waals surface area contributed by atoms with E-state index in [2.05, 4.69) is 5.32 Å². The van der Waals surface area contributed by atoms with Crippen LogP contribution < -0.4 is 11.1 Å². The number of carbonyl (C=O) groups is 2. The largest absolute Gasteiger partial charge is 0.465 e. The predicted molar refractivity (Wildman–Crippen MR) is 81.8 cm³/mol. The molecular weight excluding hydrogens is 316 g/mol. The molecule has 0 aromatic heterocycles. The van der Waals surface area contributed by atoms with Crippen LogP contribution in [0.5, 0.6) is 0 Å². The van der Waals surface area contributed by atoms with Crippen molar-refractivity contribution in [1.29, 1.82) is 0 Å². The number of rotatable bonds is 8. The highest BCUT2D eigenvalue weighted by atomic mass is 32.2. The van der Waals surface area contributed by atoms with Gasteiger partial charge < -0.3 is 15.8 Å². The van der Waals surface area contributed by atoms with Crippen molar-refractivity contribution in [3.8, 4) is 0 Å². The first-order valence-corrected chi connectivity index (χ1v) is 9.81. The zero-order chi connectivity index (χ0) is 15.9. The van der Waals surface area contributed by atoms with Crippen LogP contribution in [-0.2, 0) is 24.2 Å². The van der Waals surface area contributed by atoms with Crippen molar-refractivity contribution in [3.63, 3.8) is 0 Å². The highest BCUT2D eigenvalue weighted by Gasteiger charge is 2.28. The number of ether oxygens (including phenoxy) is 1. The van der Waals surface area contributed by atoms with E-state index in [-0.39, 0.29) is 29.2 Å². The number of carbonyl (C=O) groups excluding carboxylic acids is 2. The zero-order valence-corrected chi connectivity index (χ0v) is 13.7. The fourth-order valence-corrected chi connectivity index (χ4v) is 4.43. The Labute approximate surface area is 129 Å². The molecule has 3 N–H and O–H groups in total. The molecule has 0 spiro atoms. The second-order valence-corrected chi connectivity index (χ2v) is 8.20. The minimum atomic E-state index is -2.98. The average Bonchev–Trinajstić information content (AvgIpc) is 2.73. The highest BCUT2D eigenvalue weighted by Crippen LogP contribution is 2.12. The van der Waals surface area contributed by atoms with Crippen molar-refractivity contribution in [3.05, 3.63) is 0 Å². The lowest BCUT2D eigenvalue weighted by Crippen LogP contribution is -2.37. The Kier molecular flexibility index (Phi) is 7.47. The van der Waals surface area contributed by atoms with Gasteiger partial charge in [0, 0.05) is 6.04 Å². The van der Waals surface area contributed by atoms with Crippen molar-refractivity contribution in [2.75, 3.05) is 29.6 Å². The van der Waals surface area contributed by atoms with Crippen molar-refractivity contribution in [1.82, 2.24) is 5.32 Å². The summed E-state index contributed by atoms with van der Waals surface area (Å²) in [6, 6.07) is -0.939. The predicted octanol–water partition coefficient (Wildman–Crippen LogP) is -0.697. The first kappa shape index (κ1) is 18.2. The topological polar surface area (TPSA) is 116 Å². The Balaban J connectivity index is 2.13. The molecule has 122 valence electrons. The van der Waals surface area contributed by atoms with Gasteiger partial charge in [0.1, 0.15) is 6.04 Å². The highest BCUT2D eigenvalue weighted by molar-refractivity contribution is 7.99. The molecule has 1 aliphatic heterocycles. The fraction of sp³-hybridized carbons (Fsp3) is 0.833. The van der Waals surface area contributed by atoms with Gasteiger partial charge in [-0.3, -0.25) is 9.59 Å². The molecule has 0 aliphatic carbocycles. The minimum absolute atomic E-state index is 0.0249. The Bertz CT molecular complexity index is 466. The summed E-state index contributed by atoms with van der Waals surface area (Å²) in [6.07, 6.45) is 0.918. The molecule has 0 saturated carbocycles. The van der Waals surface area contributed by atoms with Gasteiger partial charge in [0.15, 0.2) is 9.84 Å². The van der Waals surface area contributed by atoms with Crippen molar-refractivity contribution >= 4 is 33.5 Å². The molecule has 21 heavy (non-hydrogen) atoms. The van der Waals surface area contributed by atoms with Crippen LogP contribution in [-0.4, -0.2) is 62.0 Å². The van der Waals surface area contributed by atoms with Crippen LogP contribution in [0.1, 0.15) is 19.8 Å². The summed E-state index contributed by atoms with van der Waals surface area (Å²) < 4.78 is 27.3. The maximum atomic E-state index is 11.6. The Morgan fingerprint density at radius 2 is 2.19 bits per heavy atom. The van der Waals surface area contributed by atoms with E-state index < -0.39 is 21.8 Å². The molecule has 1 aliphatic rings. The summed E-state index contributed by atoms with van der Waals surface area (Å²) in [5.74, 6) is 0.338. The van der Waals surface area contributed by atoms with Crippen molar-refractivity contribution in [2.24, 2.45) is 5.73 Å². The number of nitrogens with one attached hydrogen (secondary N) is 1. The third kappa shape index (κ3) is 7.14. The number of esters is 1. The number of hydrogen-bond acceptors (Lipinski definition) is 7. The van der Waals surface area contributed by atoms with E-state index in [1.807, 2.05) is 0 Å². The molecule has 1 heterocycles. The lowest BCUT2D eigenvalue weighted by Gasteiger charge is -2.12. The molecule has 1 fully saturated rings. The summed E-state index contributed by atoms with van der Waals surface area (Å²) in [5, 5.41) is 2.70. The quantitative estimate of drug-likeness (QED) is 0.444. The molecule has 1 amide bonds. The van der Waals surface area contributed by atoms with E-state index in [0.717, 1.165) is 0 Å². The number of hydrogen-bond donors (Lipinski definition) is 2. The monoisotopic (exact) mass is 338 g/mol. The Hall–Kier alpha value is -0.800. The van der Waals surface area contributed by atoms with Gasteiger partial charge in [-0.25, -0.2) is 8.42 Å². The molecule has 2 atom stereocenters. The van der Waals surface area contributed by atoms with Crippen LogP contribution in [0.4, 0.5) is 0 Å². The molecule has 1 saturated heterocycles. The molecular formula is C12H22N2O5S2. The normalized spacial score (nSPS) is 21.7. The average molecular weight is 338 g/mol. The van der Waals surface area contributed by atoms with E-state index in [4.69, 9.17) is 10.5 Å². The van der Waals surface area contributed by atoms with Gasteiger partial charge in [0.05, 0.1) is 23.9 Å². The maximum Gasteiger partial charge on any atom is 0.322 e. The molecule has 7 nitrogen and oxygen atoms in total. The van der Waals surface area contributed by atoms with Gasteiger partial charge in [-0.2, -0.15) is 11.8 Å². The van der Waals surface area contributed by atoms with Crippen molar-refractivity contribution < 1.29 is 22.7 Å². The molecule has 0 aromatic rings. The van der Waals surface area contributed by atoms with Crippen LogP contribution >= 0.6 is 11.8 Å². The number of sulfone groups is 1. The minimum Gasteiger partial charge on any atom is -0.465 e. The van der Waals surface area contributed by atoms with Crippen LogP contribution in [0.15, 0.2) is 0 Å². The number of nitrogens with two attached hydrogens (primary N) is 1. The fourth-order valence-electron chi connectivity index (χ4n) is 1.92. The van der Waals surface area contributed by atoms with Gasteiger partial charge in [-0.15, -0.1) is 0 Å². The van der Waals surface area contributed by atoms with Gasteiger partial charge in [0.2, 0.25) is 5.91 Å². The van der Waals surface area contributed by atoms with Gasteiger partial charge in [-0.1, -0.05) is 0 Å². The number of amides is 1. The van der Waals surface area contributed by atoms with Crippen LogP contribution in [0.2, 0.25) is 0 Å². The third-order valence-corrected chi connectivity index (χ3v) is 5.75. The summed E-state index contributed by atoms with van der Waals surface area (Å²) in [7, 11) is -2.98. The maximum absolute atomic E-state index is 11.6. The SMILES string of the molecule is CCOC(=O)C(N)CCSCC(=O)NC1CCS(=O)(=O)C1. The second kappa shape index (κ2) is 8.60. The first-order chi connectivity index (χ1) is 9.84. The van der Waals surface area contributed by atoms with E-state index in [9.17, 15) is 18.0 Å². The van der Waals surface area contributed by atoms with Crippen molar-refractivity contribution in [2.45, 2.75) is 31.8 Å². The lowest BCUT2D eigenvalue weighted by atomic mass is 10.2. The van der Waals surface area contributed by atoms with Gasteiger partial charge in [0.25, 0.3) is 0 Å². The van der Waals surface area contributed by atoms with Gasteiger partial charge >= 0.3 is 5.97 Å². The lowest BCUT2D eigenvalue weighted by molar-refractivity contribution is -0.144. The van der Waals surface area contributed by atoms with Crippen LogP contribution in [0.25, 0.3) is 0 Å². The first-order valence-electron chi connectivity index (χ1n) is 6.84. The molecule has 2 unspecified atom stereocenters. The summed E-state index contributed by atoms with van der Waals surface area (Å²) in [6.45, 7) is 2.01. The van der Waals surface area contributed by atoms with Crippen LogP contribution in [0, 0.1) is 0 Å². The van der Waals surface area contributed by atoms with Crippen LogP contribution in [0.3, 0.4) is 0 Å². The van der Waals surface area contributed by atoms with E-state index >= 15 is 0 Å². The molecule has 0 aromatic carbocycles. The molecule has 0 bridgehead atoms. The molecule has 0 radical (unpaired) electrons. The summed E-state index contributed by atoms with van der Waals surface area (Å²) in [5.41, 5.74) is 5.63. The Morgan fingerprint density at radius 1 is 1.48 bits per heavy atom. The molecule has 9 heteroatoms. The third-order valence-electron chi connectivity index (χ3n) is 2.99. The van der Waals surface area contributed by atoms with E-state index in [0.29, 0.717) is 25.2 Å². The van der Waals surface area contributed by atoms with E-state index in [1.165, 1.54) is 11.8 Å². The Morgan fingerprint density at radius 3 is 2.76 bits per heavy atom. The van der Waals surface area contributed by atoms with E-state index in [1.54, 1.807) is 6.92 Å². The standard InChI is InChI=1S/C12H22N2O5S2/c1-2-19-12(16)10(13)3-5-20-7-11(15)14-9-4-6-21(17,18)8-9/h9-10H,2-8,13H2,1H3,(H,14,15). The summed E-state index contributed by atoms with van der Waals surface area (Å²) >= 11 is 1.36. The molecule has 1 rings (SSSR count). The smallest absolute Gasteiger partial charge is 0.322 e. The number of thioether (sulfide) groups is 1. The summed E-state index contributed by atoms with van der Waals surface area (Å²) in [4.78, 5) is 22.9. The van der Waals surface area contributed by atoms with Gasteiger partial charge in [-0.05, 0) is 25.5 Å².